The molecule has 0 amide bonds. The summed E-state index contributed by atoms with van der Waals surface area (Å²) in [6, 6.07) is 8.26. The average molecular weight is 311 g/mol. The Hall–Kier alpha value is -0.770. The first kappa shape index (κ1) is 16.6. The number of unbranched alkanes of at least 4 members (excludes halogenated alkanes) is 1. The lowest BCUT2D eigenvalue weighted by Crippen LogP contribution is -2.40. The van der Waals surface area contributed by atoms with Crippen LogP contribution in [0.3, 0.4) is 0 Å². The van der Waals surface area contributed by atoms with E-state index < -0.39 is 0 Å². The summed E-state index contributed by atoms with van der Waals surface area (Å²) in [5.41, 5.74) is 0. The third kappa shape index (κ3) is 6.25. The number of hydrogen-bond donors (Lipinski definition) is 1. The summed E-state index contributed by atoms with van der Waals surface area (Å²) in [4.78, 5) is 2.53. The molecule has 1 atom stereocenters. The third-order valence-corrected chi connectivity index (χ3v) is 4.21. The van der Waals surface area contributed by atoms with Crippen LogP contribution in [0.1, 0.15) is 32.6 Å². The van der Waals surface area contributed by atoms with Crippen molar-refractivity contribution in [2.45, 2.75) is 38.6 Å². The Balaban J connectivity index is 1.73. The predicted octanol–water partition coefficient (Wildman–Crippen LogP) is 3.57. The summed E-state index contributed by atoms with van der Waals surface area (Å²) in [6.45, 7) is 7.45. The molecule has 3 nitrogen and oxygen atoms in total. The van der Waals surface area contributed by atoms with Crippen LogP contribution in [-0.2, 0) is 0 Å². The first-order valence-electron chi connectivity index (χ1n) is 8.12. The van der Waals surface area contributed by atoms with Crippen LogP contribution in [0.25, 0.3) is 0 Å². The van der Waals surface area contributed by atoms with Gasteiger partial charge in [-0.05, 0) is 56.6 Å². The molecule has 0 aromatic heterocycles. The number of nitrogens with one attached hydrogen (secondary N) is 1. The third-order valence-electron chi connectivity index (χ3n) is 3.96. The van der Waals surface area contributed by atoms with Crippen molar-refractivity contribution < 1.29 is 4.74 Å². The second-order valence-electron chi connectivity index (χ2n) is 5.75. The first-order valence-corrected chi connectivity index (χ1v) is 8.50. The van der Waals surface area contributed by atoms with E-state index in [-0.39, 0.29) is 0 Å². The molecule has 0 aliphatic carbocycles. The van der Waals surface area contributed by atoms with Gasteiger partial charge < -0.3 is 10.1 Å². The van der Waals surface area contributed by atoms with Gasteiger partial charge in [-0.15, -0.1) is 0 Å². The zero-order chi connectivity index (χ0) is 14.9. The maximum Gasteiger partial charge on any atom is 0.119 e. The van der Waals surface area contributed by atoms with Crippen molar-refractivity contribution in [2.75, 3.05) is 32.8 Å². The van der Waals surface area contributed by atoms with Crippen LogP contribution in [0.5, 0.6) is 5.75 Å². The average Bonchev–Trinajstić information content (AvgIpc) is 2.99. The summed E-state index contributed by atoms with van der Waals surface area (Å²) in [7, 11) is 0. The van der Waals surface area contributed by atoms with Crippen molar-refractivity contribution in [1.82, 2.24) is 10.2 Å². The minimum absolute atomic E-state index is 0.664. The van der Waals surface area contributed by atoms with Gasteiger partial charge in [0.2, 0.25) is 0 Å². The lowest BCUT2D eigenvalue weighted by atomic mass is 10.2. The highest BCUT2D eigenvalue weighted by molar-refractivity contribution is 6.30. The fraction of sp³-hybridized carbons (Fsp3) is 0.647. The fourth-order valence-electron chi connectivity index (χ4n) is 2.72. The minimum atomic E-state index is 0.664. The topological polar surface area (TPSA) is 24.5 Å². The molecular formula is C17H27ClN2O. The van der Waals surface area contributed by atoms with E-state index in [0.717, 1.165) is 30.5 Å². The van der Waals surface area contributed by atoms with Crippen LogP contribution in [-0.4, -0.2) is 43.7 Å². The van der Waals surface area contributed by atoms with Gasteiger partial charge >= 0.3 is 0 Å². The molecule has 1 heterocycles. The molecule has 4 heteroatoms. The van der Waals surface area contributed by atoms with Gasteiger partial charge in [-0.2, -0.15) is 0 Å². The Kier molecular flexibility index (Phi) is 7.34. The molecule has 1 aromatic carbocycles. The molecule has 1 unspecified atom stereocenters. The second-order valence-corrected chi connectivity index (χ2v) is 6.19. The monoisotopic (exact) mass is 310 g/mol. The van der Waals surface area contributed by atoms with Crippen LogP contribution in [0.2, 0.25) is 5.02 Å². The molecule has 0 spiro atoms. The van der Waals surface area contributed by atoms with Gasteiger partial charge in [-0.3, -0.25) is 4.90 Å². The molecule has 1 aliphatic heterocycles. The quantitative estimate of drug-likeness (QED) is 0.754. The predicted molar refractivity (Wildman–Crippen MR) is 89.3 cm³/mol. The second kappa shape index (κ2) is 9.29. The number of nitrogens with zero attached hydrogens (tertiary/aromatic N) is 1. The highest BCUT2D eigenvalue weighted by Gasteiger charge is 2.17. The van der Waals surface area contributed by atoms with Gasteiger partial charge in [0.1, 0.15) is 12.4 Å². The molecule has 0 radical (unpaired) electrons. The Labute approximate surface area is 133 Å². The van der Waals surface area contributed by atoms with Crippen molar-refractivity contribution in [1.29, 1.82) is 0 Å². The van der Waals surface area contributed by atoms with E-state index >= 15 is 0 Å². The van der Waals surface area contributed by atoms with Gasteiger partial charge in [-0.1, -0.05) is 24.9 Å². The minimum Gasteiger partial charge on any atom is -0.492 e. The van der Waals surface area contributed by atoms with E-state index in [1.54, 1.807) is 0 Å². The molecule has 118 valence electrons. The van der Waals surface area contributed by atoms with Crippen molar-refractivity contribution in [2.24, 2.45) is 0 Å². The van der Waals surface area contributed by atoms with Crippen molar-refractivity contribution in [3.63, 3.8) is 0 Å². The molecule has 1 N–H and O–H groups in total. The van der Waals surface area contributed by atoms with Gasteiger partial charge in [-0.25, -0.2) is 0 Å². The molecule has 21 heavy (non-hydrogen) atoms. The lowest BCUT2D eigenvalue weighted by Gasteiger charge is -2.25. The number of ether oxygens (including phenoxy) is 1. The smallest absolute Gasteiger partial charge is 0.119 e. The van der Waals surface area contributed by atoms with Crippen LogP contribution in [0.4, 0.5) is 0 Å². The van der Waals surface area contributed by atoms with Gasteiger partial charge in [0, 0.05) is 24.2 Å². The highest BCUT2D eigenvalue weighted by atomic mass is 35.5. The summed E-state index contributed by atoms with van der Waals surface area (Å²) < 4.78 is 5.82. The standard InChI is InChI=1S/C17H27ClN2O/c1-2-3-11-20(14-16-5-4-10-19-16)12-13-21-17-8-6-15(18)7-9-17/h6-9,16,19H,2-5,10-14H2,1H3. The zero-order valence-electron chi connectivity index (χ0n) is 13.0. The number of rotatable bonds is 9. The Morgan fingerprint density at radius 1 is 1.29 bits per heavy atom. The maximum atomic E-state index is 5.88. The maximum absolute atomic E-state index is 5.88. The highest BCUT2D eigenvalue weighted by Crippen LogP contribution is 2.15. The van der Waals surface area contributed by atoms with E-state index in [1.807, 2.05) is 24.3 Å². The molecule has 1 saturated heterocycles. The molecule has 0 bridgehead atoms. The summed E-state index contributed by atoms with van der Waals surface area (Å²) >= 11 is 5.88. The summed E-state index contributed by atoms with van der Waals surface area (Å²) in [5.74, 6) is 0.897. The summed E-state index contributed by atoms with van der Waals surface area (Å²) in [6.07, 6.45) is 5.12. The van der Waals surface area contributed by atoms with E-state index in [4.69, 9.17) is 16.3 Å². The Morgan fingerprint density at radius 3 is 2.76 bits per heavy atom. The largest absolute Gasteiger partial charge is 0.492 e. The van der Waals surface area contributed by atoms with Crippen LogP contribution < -0.4 is 10.1 Å². The molecule has 0 saturated carbocycles. The van der Waals surface area contributed by atoms with Crippen LogP contribution >= 0.6 is 11.6 Å². The normalized spacial score (nSPS) is 18.3. The number of halogens is 1. The molecule has 1 fully saturated rings. The van der Waals surface area contributed by atoms with E-state index in [9.17, 15) is 0 Å². The first-order chi connectivity index (χ1) is 10.3. The van der Waals surface area contributed by atoms with E-state index in [1.165, 1.54) is 38.8 Å². The number of benzene rings is 1. The van der Waals surface area contributed by atoms with Gasteiger partial charge in [0.05, 0.1) is 0 Å². The molecular weight excluding hydrogens is 284 g/mol. The molecule has 1 aromatic rings. The molecule has 2 rings (SSSR count). The Bertz CT molecular complexity index is 390. The Morgan fingerprint density at radius 2 is 2.10 bits per heavy atom. The van der Waals surface area contributed by atoms with Crippen molar-refractivity contribution in [3.8, 4) is 5.75 Å². The van der Waals surface area contributed by atoms with Crippen LogP contribution in [0, 0.1) is 0 Å². The SMILES string of the molecule is CCCCN(CCOc1ccc(Cl)cc1)CC1CCCN1. The lowest BCUT2D eigenvalue weighted by molar-refractivity contribution is 0.194. The molecule has 1 aliphatic rings. The van der Waals surface area contributed by atoms with Crippen molar-refractivity contribution in [3.05, 3.63) is 29.3 Å². The zero-order valence-corrected chi connectivity index (χ0v) is 13.7. The van der Waals surface area contributed by atoms with Gasteiger partial charge in [0.25, 0.3) is 0 Å². The van der Waals surface area contributed by atoms with Crippen LogP contribution in [0.15, 0.2) is 24.3 Å². The van der Waals surface area contributed by atoms with E-state index in [0.29, 0.717) is 6.04 Å². The van der Waals surface area contributed by atoms with Gasteiger partial charge in [0.15, 0.2) is 0 Å². The van der Waals surface area contributed by atoms with E-state index in [2.05, 4.69) is 17.1 Å². The fourth-order valence-corrected chi connectivity index (χ4v) is 2.85. The van der Waals surface area contributed by atoms with Crippen molar-refractivity contribution >= 4 is 11.6 Å². The number of hydrogen-bond acceptors (Lipinski definition) is 3. The summed E-state index contributed by atoms with van der Waals surface area (Å²) in [5, 5.41) is 4.33.